The van der Waals surface area contributed by atoms with Gasteiger partial charge in [0.1, 0.15) is 23.3 Å². The number of phenols is 1. The van der Waals surface area contributed by atoms with Gasteiger partial charge in [-0.3, -0.25) is 23.7 Å². The SMILES string of the molecule is COc1ccc(NC(=O)Cn2c3c(sc2=O)[C@@H](c2ccccc2O)C2C(=O)N(c4cccc(C(F)(F)F)c4)C(=O)C2S3)cc1. The van der Waals surface area contributed by atoms with Gasteiger partial charge in [-0.1, -0.05) is 47.4 Å². The average Bonchev–Trinajstić information content (AvgIpc) is 3.43. The molecule has 0 aliphatic carbocycles. The summed E-state index contributed by atoms with van der Waals surface area (Å²) < 4.78 is 46.8. The van der Waals surface area contributed by atoms with Gasteiger partial charge in [0.25, 0.3) is 0 Å². The van der Waals surface area contributed by atoms with Gasteiger partial charge in [-0.15, -0.1) is 0 Å². The van der Waals surface area contributed by atoms with Crippen molar-refractivity contribution in [2.75, 3.05) is 17.3 Å². The van der Waals surface area contributed by atoms with Crippen LogP contribution >= 0.6 is 23.1 Å². The lowest BCUT2D eigenvalue weighted by atomic mass is 9.82. The molecule has 2 aliphatic heterocycles. The molecule has 9 nitrogen and oxygen atoms in total. The quantitative estimate of drug-likeness (QED) is 0.282. The molecule has 2 unspecified atom stereocenters. The van der Waals surface area contributed by atoms with Gasteiger partial charge in [-0.25, -0.2) is 4.90 Å². The molecule has 1 saturated heterocycles. The van der Waals surface area contributed by atoms with E-state index in [0.717, 1.165) is 46.2 Å². The molecule has 3 atom stereocenters. The molecule has 1 fully saturated rings. The van der Waals surface area contributed by atoms with Crippen LogP contribution in [0.5, 0.6) is 11.5 Å². The molecular weight excluding hydrogens is 619 g/mol. The van der Waals surface area contributed by atoms with E-state index >= 15 is 0 Å². The number of thioether (sulfide) groups is 1. The Morgan fingerprint density at radius 3 is 2.41 bits per heavy atom. The zero-order valence-corrected chi connectivity index (χ0v) is 24.3. The van der Waals surface area contributed by atoms with Crippen LogP contribution in [0.4, 0.5) is 24.5 Å². The summed E-state index contributed by atoms with van der Waals surface area (Å²) in [4.78, 5) is 54.6. The van der Waals surface area contributed by atoms with Crippen LogP contribution in [0.1, 0.15) is 21.9 Å². The fourth-order valence-corrected chi connectivity index (χ4v) is 8.20. The summed E-state index contributed by atoms with van der Waals surface area (Å²) in [5.41, 5.74) is -0.528. The van der Waals surface area contributed by atoms with Gasteiger partial charge >= 0.3 is 11.0 Å². The number of anilines is 2. The number of halogens is 3. The molecular formula is C30H22F3N3O6S2. The van der Waals surface area contributed by atoms with Crippen molar-refractivity contribution in [2.45, 2.75) is 28.9 Å². The third-order valence-electron chi connectivity index (χ3n) is 7.43. The molecule has 1 aromatic heterocycles. The number of hydrogen-bond donors (Lipinski definition) is 2. The number of carbonyl (C=O) groups is 3. The maximum absolute atomic E-state index is 13.9. The number of aromatic nitrogens is 1. The second-order valence-corrected chi connectivity index (χ2v) is 12.2. The monoisotopic (exact) mass is 641 g/mol. The Bertz CT molecular complexity index is 1850. The van der Waals surface area contributed by atoms with Crippen molar-refractivity contribution >= 4 is 52.2 Å². The number of rotatable bonds is 6. The van der Waals surface area contributed by atoms with Gasteiger partial charge in [0.2, 0.25) is 17.7 Å². The number of nitrogens with one attached hydrogen (secondary N) is 1. The molecule has 2 N–H and O–H groups in total. The minimum atomic E-state index is -4.70. The van der Waals surface area contributed by atoms with Crippen LogP contribution in [0.2, 0.25) is 0 Å². The Balaban J connectivity index is 1.40. The predicted molar refractivity (Wildman–Crippen MR) is 157 cm³/mol. The van der Waals surface area contributed by atoms with Gasteiger partial charge in [0.05, 0.1) is 29.3 Å². The molecule has 2 aliphatic rings. The summed E-state index contributed by atoms with van der Waals surface area (Å²) in [6, 6.07) is 16.7. The maximum atomic E-state index is 13.9. The van der Waals surface area contributed by atoms with Crippen LogP contribution in [-0.2, 0) is 27.1 Å². The van der Waals surface area contributed by atoms with Gasteiger partial charge in [0.15, 0.2) is 0 Å². The van der Waals surface area contributed by atoms with Crippen LogP contribution in [0, 0.1) is 5.92 Å². The zero-order valence-electron chi connectivity index (χ0n) is 22.7. The first-order chi connectivity index (χ1) is 21.0. The number of aromatic hydroxyl groups is 1. The van der Waals surface area contributed by atoms with E-state index in [1.165, 1.54) is 23.8 Å². The first-order valence-corrected chi connectivity index (χ1v) is 14.8. The molecule has 6 rings (SSSR count). The van der Waals surface area contributed by atoms with Crippen molar-refractivity contribution in [3.8, 4) is 11.5 Å². The Kier molecular flexibility index (Phi) is 7.49. The van der Waals surface area contributed by atoms with E-state index in [4.69, 9.17) is 4.74 Å². The minimum Gasteiger partial charge on any atom is -0.508 e. The second kappa shape index (κ2) is 11.2. The van der Waals surface area contributed by atoms with E-state index in [1.54, 1.807) is 42.5 Å². The lowest BCUT2D eigenvalue weighted by Gasteiger charge is -2.31. The summed E-state index contributed by atoms with van der Waals surface area (Å²) >= 11 is 1.70. The summed E-state index contributed by atoms with van der Waals surface area (Å²) in [5, 5.41) is 12.6. The van der Waals surface area contributed by atoms with E-state index in [9.17, 15) is 37.5 Å². The minimum absolute atomic E-state index is 0.184. The average molecular weight is 642 g/mol. The molecule has 0 bridgehead atoms. The summed E-state index contributed by atoms with van der Waals surface area (Å²) in [6.45, 7) is -0.409. The predicted octanol–water partition coefficient (Wildman–Crippen LogP) is 5.08. The van der Waals surface area contributed by atoms with Gasteiger partial charge < -0.3 is 15.2 Å². The number of methoxy groups -OCH3 is 1. The zero-order chi connectivity index (χ0) is 31.3. The molecule has 44 heavy (non-hydrogen) atoms. The molecule has 0 spiro atoms. The molecule has 14 heteroatoms. The molecule has 3 heterocycles. The second-order valence-electron chi connectivity index (χ2n) is 10.1. The fourth-order valence-electron chi connectivity index (χ4n) is 5.44. The number of ether oxygens (including phenoxy) is 1. The van der Waals surface area contributed by atoms with Crippen molar-refractivity contribution in [3.63, 3.8) is 0 Å². The van der Waals surface area contributed by atoms with Crippen molar-refractivity contribution < 1.29 is 37.4 Å². The van der Waals surface area contributed by atoms with Crippen LogP contribution in [0.25, 0.3) is 0 Å². The number of imide groups is 1. The Morgan fingerprint density at radius 2 is 1.73 bits per heavy atom. The van der Waals surface area contributed by atoms with E-state index in [1.807, 2.05) is 0 Å². The highest BCUT2D eigenvalue weighted by atomic mass is 32.2. The number of amides is 3. The van der Waals surface area contributed by atoms with E-state index in [-0.39, 0.29) is 22.0 Å². The van der Waals surface area contributed by atoms with Crippen LogP contribution in [0.3, 0.4) is 0 Å². The molecule has 226 valence electrons. The number of hydrogen-bond acceptors (Lipinski definition) is 8. The molecule has 0 saturated carbocycles. The Labute approximate surface area is 255 Å². The van der Waals surface area contributed by atoms with Gasteiger partial charge in [-0.2, -0.15) is 13.2 Å². The van der Waals surface area contributed by atoms with Gasteiger partial charge in [0, 0.05) is 22.0 Å². The summed E-state index contributed by atoms with van der Waals surface area (Å²) in [7, 11) is 1.51. The van der Waals surface area contributed by atoms with Crippen LogP contribution < -0.4 is 19.8 Å². The lowest BCUT2D eigenvalue weighted by molar-refractivity contribution is -0.137. The first-order valence-electron chi connectivity index (χ1n) is 13.1. The Morgan fingerprint density at radius 1 is 1.00 bits per heavy atom. The number of carbonyl (C=O) groups excluding carboxylic acids is 3. The van der Waals surface area contributed by atoms with Crippen LogP contribution in [0.15, 0.2) is 82.6 Å². The number of para-hydroxylation sites is 1. The lowest BCUT2D eigenvalue weighted by Crippen LogP contribution is -2.33. The topological polar surface area (TPSA) is 118 Å². The number of fused-ring (bicyclic) bond motifs is 2. The number of nitrogens with zero attached hydrogens (tertiary/aromatic N) is 2. The van der Waals surface area contributed by atoms with Crippen molar-refractivity contribution in [1.82, 2.24) is 4.57 Å². The number of alkyl halides is 3. The number of thiazole rings is 1. The highest BCUT2D eigenvalue weighted by Crippen LogP contribution is 2.55. The van der Waals surface area contributed by atoms with Crippen molar-refractivity contribution in [1.29, 1.82) is 0 Å². The molecule has 0 radical (unpaired) electrons. The van der Waals surface area contributed by atoms with E-state index in [0.29, 0.717) is 16.3 Å². The van der Waals surface area contributed by atoms with Gasteiger partial charge in [-0.05, 0) is 48.5 Å². The normalized spacial score (nSPS) is 19.5. The Hall–Kier alpha value is -4.56. The number of benzene rings is 3. The van der Waals surface area contributed by atoms with E-state index < -0.39 is 58.0 Å². The molecule has 3 aromatic carbocycles. The van der Waals surface area contributed by atoms with Crippen LogP contribution in [-0.4, -0.2) is 39.8 Å². The molecule has 3 amide bonds. The third-order valence-corrected chi connectivity index (χ3v) is 10.0. The van der Waals surface area contributed by atoms with Crippen molar-refractivity contribution in [2.24, 2.45) is 5.92 Å². The highest BCUT2D eigenvalue weighted by Gasteiger charge is 2.57. The molecule has 4 aromatic rings. The van der Waals surface area contributed by atoms with E-state index in [2.05, 4.69) is 5.32 Å². The summed E-state index contributed by atoms with van der Waals surface area (Å²) in [6.07, 6.45) is -4.70. The largest absolute Gasteiger partial charge is 0.508 e. The standard InChI is InChI=1S/C30H22F3N3O6S2/c1-42-18-11-9-16(10-12-18)34-21(38)14-35-28-25(44-29(35)41)22(19-7-2-3-8-20(19)37)23-24(43-28)27(40)36(26(23)39)17-6-4-5-15(13-17)30(31,32)33/h2-13,22-24,37H,14H2,1H3,(H,34,38)/t22-,23?,24?/m0/s1. The maximum Gasteiger partial charge on any atom is 0.416 e. The fraction of sp³-hybridized carbons (Fsp3) is 0.200. The highest BCUT2D eigenvalue weighted by molar-refractivity contribution is 8.00. The third kappa shape index (κ3) is 5.13. The summed E-state index contributed by atoms with van der Waals surface area (Å²) in [5.74, 6) is -3.76. The first kappa shape index (κ1) is 29.5. The van der Waals surface area contributed by atoms with Crippen molar-refractivity contribution in [3.05, 3.63) is 98.5 Å². The smallest absolute Gasteiger partial charge is 0.416 e. The number of phenolic OH excluding ortho intramolecular Hbond substituents is 1.